The maximum absolute atomic E-state index is 12.9. The molecule has 28 heavy (non-hydrogen) atoms. The molecule has 6 nitrogen and oxygen atoms in total. The third-order valence-corrected chi connectivity index (χ3v) is 5.22. The first kappa shape index (κ1) is 18.9. The van der Waals surface area contributed by atoms with Gasteiger partial charge >= 0.3 is 6.18 Å². The van der Waals surface area contributed by atoms with E-state index >= 15 is 0 Å². The molecule has 1 aromatic carbocycles. The van der Waals surface area contributed by atoms with Crippen molar-refractivity contribution in [2.24, 2.45) is 0 Å². The molecule has 2 heterocycles. The Balaban J connectivity index is 1.69. The summed E-state index contributed by atoms with van der Waals surface area (Å²) in [6.07, 6.45) is -2.85. The lowest BCUT2D eigenvalue weighted by Crippen LogP contribution is -2.48. The van der Waals surface area contributed by atoms with E-state index < -0.39 is 23.1 Å². The van der Waals surface area contributed by atoms with E-state index in [0.717, 1.165) is 17.2 Å². The molecule has 0 spiro atoms. The molecule has 0 saturated heterocycles. The van der Waals surface area contributed by atoms with Crippen molar-refractivity contribution in [3.05, 3.63) is 34.9 Å². The molecule has 3 N–H and O–H groups in total. The summed E-state index contributed by atoms with van der Waals surface area (Å²) in [5.41, 5.74) is 0.529. The molecule has 1 fully saturated rings. The topological polar surface area (TPSA) is 87.5 Å². The highest BCUT2D eigenvalue weighted by atomic mass is 19.4. The Kier molecular flexibility index (Phi) is 4.46. The van der Waals surface area contributed by atoms with Crippen LogP contribution in [0, 0.1) is 0 Å². The molecule has 1 aromatic heterocycles. The van der Waals surface area contributed by atoms with Crippen molar-refractivity contribution in [3.8, 4) is 17.0 Å². The fourth-order valence-electron chi connectivity index (χ4n) is 3.82. The second-order valence-electron chi connectivity index (χ2n) is 7.63. The number of phenols is 1. The molecule has 150 valence electrons. The van der Waals surface area contributed by atoms with Crippen LogP contribution in [-0.2, 0) is 23.9 Å². The molecule has 4 rings (SSSR count). The molecule has 0 radical (unpaired) electrons. The highest BCUT2D eigenvalue weighted by Crippen LogP contribution is 2.40. The van der Waals surface area contributed by atoms with E-state index in [1.807, 2.05) is 0 Å². The van der Waals surface area contributed by atoms with Gasteiger partial charge in [-0.15, -0.1) is 10.2 Å². The van der Waals surface area contributed by atoms with Crippen molar-refractivity contribution < 1.29 is 28.1 Å². The average molecular weight is 395 g/mol. The number of nitrogens with zero attached hydrogens (tertiary/aromatic N) is 2. The van der Waals surface area contributed by atoms with Gasteiger partial charge in [-0.1, -0.05) is 0 Å². The van der Waals surface area contributed by atoms with E-state index in [-0.39, 0.29) is 11.6 Å². The average Bonchev–Trinajstić information content (AvgIpc) is 2.60. The molecular weight excluding hydrogens is 375 g/mol. The molecule has 0 atom stereocenters. The summed E-state index contributed by atoms with van der Waals surface area (Å²) in [6.45, 7) is 2.52. The highest BCUT2D eigenvalue weighted by Gasteiger charge is 2.39. The van der Waals surface area contributed by atoms with Crippen molar-refractivity contribution in [1.82, 2.24) is 10.2 Å². The molecule has 2 aromatic rings. The van der Waals surface area contributed by atoms with Crippen molar-refractivity contribution >= 4 is 5.82 Å². The number of aliphatic hydroxyl groups is 1. The highest BCUT2D eigenvalue weighted by molar-refractivity contribution is 5.73. The standard InChI is InChI=1S/C19H20F3N3O3/c1-18(27)7-11(8-18)23-17-14-9-28-5-4-12(14)16(24-25-17)13-3-2-10(6-15(13)26)19(20,21)22/h2-3,6,11,26-27H,4-5,7-9H2,1H3,(H,23,25). The zero-order valence-corrected chi connectivity index (χ0v) is 15.2. The number of nitrogens with one attached hydrogen (secondary N) is 1. The SMILES string of the molecule is CC1(O)CC(Nc2nnc(-c3ccc(C(F)(F)F)cc3O)c3c2COCC3)C1. The van der Waals surface area contributed by atoms with Gasteiger partial charge in [-0.25, -0.2) is 0 Å². The minimum Gasteiger partial charge on any atom is -0.507 e. The monoisotopic (exact) mass is 395 g/mol. The third kappa shape index (κ3) is 3.51. The van der Waals surface area contributed by atoms with Gasteiger partial charge in [-0.05, 0) is 49.9 Å². The lowest BCUT2D eigenvalue weighted by atomic mass is 9.77. The zero-order valence-electron chi connectivity index (χ0n) is 15.2. The van der Waals surface area contributed by atoms with Crippen LogP contribution in [0.2, 0.25) is 0 Å². The van der Waals surface area contributed by atoms with Crippen LogP contribution in [0.25, 0.3) is 11.3 Å². The first-order valence-corrected chi connectivity index (χ1v) is 9.00. The number of rotatable bonds is 3. The van der Waals surface area contributed by atoms with E-state index in [2.05, 4.69) is 15.5 Å². The van der Waals surface area contributed by atoms with Crippen LogP contribution in [0.1, 0.15) is 36.5 Å². The number of anilines is 1. The van der Waals surface area contributed by atoms with E-state index in [1.54, 1.807) is 6.92 Å². The predicted molar refractivity (Wildman–Crippen MR) is 94.8 cm³/mol. The van der Waals surface area contributed by atoms with Crippen LogP contribution in [0.3, 0.4) is 0 Å². The van der Waals surface area contributed by atoms with Crippen molar-refractivity contribution in [3.63, 3.8) is 0 Å². The lowest BCUT2D eigenvalue weighted by molar-refractivity contribution is -0.137. The molecular formula is C19H20F3N3O3. The van der Waals surface area contributed by atoms with Crippen LogP contribution < -0.4 is 5.32 Å². The summed E-state index contributed by atoms with van der Waals surface area (Å²) in [5, 5.41) is 31.7. The molecule has 0 bridgehead atoms. The largest absolute Gasteiger partial charge is 0.507 e. The van der Waals surface area contributed by atoms with Gasteiger partial charge in [-0.2, -0.15) is 13.2 Å². The number of phenolic OH excluding ortho intramolecular Hbond substituents is 1. The van der Waals surface area contributed by atoms with Gasteiger partial charge in [-0.3, -0.25) is 0 Å². The second kappa shape index (κ2) is 6.59. The van der Waals surface area contributed by atoms with Crippen LogP contribution in [-0.4, -0.2) is 38.7 Å². The van der Waals surface area contributed by atoms with E-state index in [4.69, 9.17) is 4.74 Å². The summed E-state index contributed by atoms with van der Waals surface area (Å²) >= 11 is 0. The molecule has 1 aliphatic carbocycles. The van der Waals surface area contributed by atoms with Gasteiger partial charge in [0.05, 0.1) is 24.4 Å². The van der Waals surface area contributed by atoms with E-state index in [1.165, 1.54) is 6.07 Å². The first-order valence-electron chi connectivity index (χ1n) is 9.00. The van der Waals surface area contributed by atoms with Gasteiger partial charge in [0.2, 0.25) is 0 Å². The fraction of sp³-hybridized carbons (Fsp3) is 0.474. The molecule has 1 aliphatic heterocycles. The van der Waals surface area contributed by atoms with Gasteiger partial charge in [0, 0.05) is 17.2 Å². The van der Waals surface area contributed by atoms with Crippen LogP contribution >= 0.6 is 0 Å². The number of ether oxygens (including phenoxy) is 1. The van der Waals surface area contributed by atoms with Crippen molar-refractivity contribution in [1.29, 1.82) is 0 Å². The maximum atomic E-state index is 12.9. The Morgan fingerprint density at radius 2 is 1.96 bits per heavy atom. The Labute approximate surface area is 159 Å². The van der Waals surface area contributed by atoms with Crippen LogP contribution in [0.4, 0.5) is 19.0 Å². The minimum absolute atomic E-state index is 0.0700. The number of alkyl halides is 3. The number of aromatic nitrogens is 2. The number of fused-ring (bicyclic) bond motifs is 1. The Morgan fingerprint density at radius 1 is 1.21 bits per heavy atom. The number of hydrogen-bond acceptors (Lipinski definition) is 6. The Morgan fingerprint density at radius 3 is 2.61 bits per heavy atom. The molecule has 1 saturated carbocycles. The van der Waals surface area contributed by atoms with Crippen molar-refractivity contribution in [2.45, 2.75) is 50.6 Å². The van der Waals surface area contributed by atoms with Gasteiger partial charge in [0.15, 0.2) is 5.82 Å². The van der Waals surface area contributed by atoms with Crippen LogP contribution in [0.15, 0.2) is 18.2 Å². The van der Waals surface area contributed by atoms with E-state index in [9.17, 15) is 23.4 Å². The summed E-state index contributed by atoms with van der Waals surface area (Å²) in [6, 6.07) is 2.91. The smallest absolute Gasteiger partial charge is 0.416 e. The van der Waals surface area contributed by atoms with Crippen LogP contribution in [0.5, 0.6) is 5.75 Å². The number of aromatic hydroxyl groups is 1. The summed E-state index contributed by atoms with van der Waals surface area (Å²) < 4.78 is 44.1. The normalized spacial score (nSPS) is 24.4. The second-order valence-corrected chi connectivity index (χ2v) is 7.63. The lowest BCUT2D eigenvalue weighted by Gasteiger charge is -2.41. The summed E-state index contributed by atoms with van der Waals surface area (Å²) in [4.78, 5) is 0. The van der Waals surface area contributed by atoms with Gasteiger partial charge < -0.3 is 20.3 Å². The molecule has 2 aliphatic rings. The number of benzene rings is 1. The fourth-order valence-corrected chi connectivity index (χ4v) is 3.82. The molecule has 0 unspecified atom stereocenters. The number of hydrogen-bond donors (Lipinski definition) is 3. The Hall–Kier alpha value is -2.39. The third-order valence-electron chi connectivity index (χ3n) is 5.22. The summed E-state index contributed by atoms with van der Waals surface area (Å²) in [5.74, 6) is 0.0546. The van der Waals surface area contributed by atoms with E-state index in [0.29, 0.717) is 50.1 Å². The minimum atomic E-state index is -4.54. The van der Waals surface area contributed by atoms with Gasteiger partial charge in [0.1, 0.15) is 11.4 Å². The first-order chi connectivity index (χ1) is 13.1. The predicted octanol–water partition coefficient (Wildman–Crippen LogP) is 3.27. The van der Waals surface area contributed by atoms with Gasteiger partial charge in [0.25, 0.3) is 0 Å². The Bertz CT molecular complexity index is 907. The number of halogens is 3. The maximum Gasteiger partial charge on any atom is 0.416 e. The van der Waals surface area contributed by atoms with Crippen molar-refractivity contribution in [2.75, 3.05) is 11.9 Å². The quantitative estimate of drug-likeness (QED) is 0.740. The molecule has 0 amide bonds. The zero-order chi connectivity index (χ0) is 20.1. The molecule has 9 heteroatoms. The summed E-state index contributed by atoms with van der Waals surface area (Å²) in [7, 11) is 0.